The smallest absolute Gasteiger partial charge is 0.256 e. The van der Waals surface area contributed by atoms with E-state index in [1.165, 1.54) is 0 Å². The summed E-state index contributed by atoms with van der Waals surface area (Å²) < 4.78 is 0. The fraction of sp³-hybridized carbons (Fsp3) is 0.643. The van der Waals surface area contributed by atoms with Gasteiger partial charge in [0.1, 0.15) is 0 Å². The monoisotopic (exact) mass is 265 g/mol. The molecule has 0 saturated heterocycles. The summed E-state index contributed by atoms with van der Waals surface area (Å²) in [4.78, 5) is 14.4. The molecule has 0 bridgehead atoms. The Balaban J connectivity index is 3.04. The van der Waals surface area contributed by atoms with Crippen LogP contribution < -0.4 is 0 Å². The zero-order valence-corrected chi connectivity index (χ0v) is 12.2. The van der Waals surface area contributed by atoms with Gasteiger partial charge in [0.2, 0.25) is 0 Å². The molecule has 1 aromatic rings. The average Bonchev–Trinajstić information content (AvgIpc) is 2.38. The van der Waals surface area contributed by atoms with E-state index in [0.717, 1.165) is 11.4 Å². The highest BCUT2D eigenvalue weighted by atomic mass is 16.3. The molecule has 0 fully saturated rings. The minimum Gasteiger partial charge on any atom is -0.396 e. The molecule has 106 valence electrons. The van der Waals surface area contributed by atoms with Crippen LogP contribution in [0.4, 0.5) is 0 Å². The molecule has 0 unspecified atom stereocenters. The molecule has 1 amide bonds. The molecule has 1 aromatic heterocycles. The molecule has 0 atom stereocenters. The fourth-order valence-corrected chi connectivity index (χ4v) is 1.95. The number of hydrogen-bond donors (Lipinski definition) is 1. The summed E-state index contributed by atoms with van der Waals surface area (Å²) in [5.74, 6) is -0.0294. The normalized spacial score (nSPS) is 10.8. The average molecular weight is 265 g/mol. The number of amides is 1. The van der Waals surface area contributed by atoms with Crippen LogP contribution in [-0.2, 0) is 6.42 Å². The molecule has 0 saturated carbocycles. The number of carbonyl (C=O) groups is 1. The van der Waals surface area contributed by atoms with Gasteiger partial charge >= 0.3 is 0 Å². The quantitative estimate of drug-likeness (QED) is 0.848. The third-order valence-corrected chi connectivity index (χ3v) is 3.00. The summed E-state index contributed by atoms with van der Waals surface area (Å²) in [7, 11) is 0. The van der Waals surface area contributed by atoms with Crippen molar-refractivity contribution in [1.29, 1.82) is 0 Å². The maximum Gasteiger partial charge on any atom is 0.256 e. The number of nitrogens with zero attached hydrogens (tertiary/aromatic N) is 3. The predicted molar refractivity (Wildman–Crippen MR) is 74.0 cm³/mol. The van der Waals surface area contributed by atoms with Crippen LogP contribution in [0.2, 0.25) is 0 Å². The van der Waals surface area contributed by atoms with Crippen molar-refractivity contribution in [1.82, 2.24) is 15.1 Å². The highest BCUT2D eigenvalue weighted by molar-refractivity contribution is 5.95. The van der Waals surface area contributed by atoms with Gasteiger partial charge in [-0.1, -0.05) is 6.92 Å². The van der Waals surface area contributed by atoms with Gasteiger partial charge in [-0.05, 0) is 39.7 Å². The van der Waals surface area contributed by atoms with Crippen LogP contribution in [0.25, 0.3) is 0 Å². The van der Waals surface area contributed by atoms with Crippen LogP contribution in [0, 0.1) is 6.92 Å². The molecular formula is C14H23N3O2. The Bertz CT molecular complexity index is 433. The number of aryl methyl sites for hydroxylation is 2. The largest absolute Gasteiger partial charge is 0.396 e. The van der Waals surface area contributed by atoms with Gasteiger partial charge in [-0.15, -0.1) is 0 Å². The Morgan fingerprint density at radius 1 is 1.42 bits per heavy atom. The minimum atomic E-state index is -0.0294. The summed E-state index contributed by atoms with van der Waals surface area (Å²) >= 11 is 0. The predicted octanol–water partition coefficient (Wildman–Crippen LogP) is 1.58. The number of hydrogen-bond acceptors (Lipinski definition) is 4. The highest BCUT2D eigenvalue weighted by Gasteiger charge is 2.21. The standard InChI is InChI=1S/C14H23N3O2/c1-5-13-12(9-11(4)15-16-13)14(19)17(10(2)3)7-6-8-18/h9-10,18H,5-8H2,1-4H3. The molecule has 1 N–H and O–H groups in total. The topological polar surface area (TPSA) is 66.3 Å². The van der Waals surface area contributed by atoms with Crippen molar-refractivity contribution in [3.8, 4) is 0 Å². The van der Waals surface area contributed by atoms with E-state index in [4.69, 9.17) is 5.11 Å². The lowest BCUT2D eigenvalue weighted by Gasteiger charge is -2.27. The number of aromatic nitrogens is 2. The van der Waals surface area contributed by atoms with E-state index in [0.29, 0.717) is 24.9 Å². The van der Waals surface area contributed by atoms with Crippen molar-refractivity contribution in [3.05, 3.63) is 23.0 Å². The second kappa shape index (κ2) is 7.19. The molecular weight excluding hydrogens is 242 g/mol. The molecule has 1 heterocycles. The molecule has 0 spiro atoms. The van der Waals surface area contributed by atoms with Gasteiger partial charge < -0.3 is 10.0 Å². The molecule has 0 aromatic carbocycles. The number of rotatable bonds is 6. The summed E-state index contributed by atoms with van der Waals surface area (Å²) in [6, 6.07) is 1.89. The van der Waals surface area contributed by atoms with E-state index >= 15 is 0 Å². The van der Waals surface area contributed by atoms with Gasteiger partial charge in [0.05, 0.1) is 17.0 Å². The van der Waals surface area contributed by atoms with Crippen molar-refractivity contribution in [2.75, 3.05) is 13.2 Å². The zero-order valence-electron chi connectivity index (χ0n) is 12.2. The van der Waals surface area contributed by atoms with E-state index in [1.54, 1.807) is 11.0 Å². The van der Waals surface area contributed by atoms with E-state index in [2.05, 4.69) is 10.2 Å². The van der Waals surface area contributed by atoms with Crippen molar-refractivity contribution in [2.24, 2.45) is 0 Å². The Kier molecular flexibility index (Phi) is 5.89. The Morgan fingerprint density at radius 2 is 2.11 bits per heavy atom. The van der Waals surface area contributed by atoms with Gasteiger partial charge in [0.15, 0.2) is 0 Å². The van der Waals surface area contributed by atoms with Crippen LogP contribution in [0.5, 0.6) is 0 Å². The van der Waals surface area contributed by atoms with Gasteiger partial charge in [0, 0.05) is 19.2 Å². The van der Waals surface area contributed by atoms with Crippen LogP contribution in [-0.4, -0.2) is 45.3 Å². The first kappa shape index (κ1) is 15.6. The number of aliphatic hydroxyl groups is 1. The van der Waals surface area contributed by atoms with E-state index < -0.39 is 0 Å². The van der Waals surface area contributed by atoms with Crippen molar-refractivity contribution in [2.45, 2.75) is 46.6 Å². The molecule has 0 radical (unpaired) electrons. The number of carbonyl (C=O) groups excluding carboxylic acids is 1. The Labute approximate surface area is 114 Å². The third kappa shape index (κ3) is 3.99. The van der Waals surface area contributed by atoms with Gasteiger partial charge in [-0.3, -0.25) is 4.79 Å². The molecule has 1 rings (SSSR count). The SMILES string of the molecule is CCc1nnc(C)cc1C(=O)N(CCCO)C(C)C. The lowest BCUT2D eigenvalue weighted by molar-refractivity contribution is 0.0691. The van der Waals surface area contributed by atoms with Crippen LogP contribution in [0.15, 0.2) is 6.07 Å². The van der Waals surface area contributed by atoms with Crippen LogP contribution in [0.3, 0.4) is 0 Å². The maximum atomic E-state index is 12.6. The molecule has 0 aliphatic rings. The fourth-order valence-electron chi connectivity index (χ4n) is 1.95. The van der Waals surface area contributed by atoms with Gasteiger partial charge in [-0.25, -0.2) is 0 Å². The van der Waals surface area contributed by atoms with Gasteiger partial charge in [-0.2, -0.15) is 10.2 Å². The van der Waals surface area contributed by atoms with Crippen LogP contribution in [0.1, 0.15) is 48.9 Å². The Hall–Kier alpha value is -1.49. The summed E-state index contributed by atoms with van der Waals surface area (Å²) in [5.41, 5.74) is 2.10. The molecule has 0 aliphatic heterocycles. The summed E-state index contributed by atoms with van der Waals surface area (Å²) in [6.45, 7) is 8.38. The lowest BCUT2D eigenvalue weighted by Crippen LogP contribution is -2.38. The molecule has 5 heteroatoms. The maximum absolute atomic E-state index is 12.6. The second-order valence-electron chi connectivity index (χ2n) is 4.87. The first-order chi connectivity index (χ1) is 9.01. The zero-order chi connectivity index (χ0) is 14.4. The van der Waals surface area contributed by atoms with E-state index in [9.17, 15) is 4.79 Å². The number of aliphatic hydroxyl groups excluding tert-OH is 1. The van der Waals surface area contributed by atoms with Crippen molar-refractivity contribution < 1.29 is 9.90 Å². The first-order valence-electron chi connectivity index (χ1n) is 6.76. The van der Waals surface area contributed by atoms with Gasteiger partial charge in [0.25, 0.3) is 5.91 Å². The van der Waals surface area contributed by atoms with E-state index in [-0.39, 0.29) is 18.6 Å². The Morgan fingerprint density at radius 3 is 2.63 bits per heavy atom. The van der Waals surface area contributed by atoms with Crippen molar-refractivity contribution >= 4 is 5.91 Å². The lowest BCUT2D eigenvalue weighted by atomic mass is 10.1. The van der Waals surface area contributed by atoms with Crippen molar-refractivity contribution in [3.63, 3.8) is 0 Å². The molecule has 19 heavy (non-hydrogen) atoms. The first-order valence-corrected chi connectivity index (χ1v) is 6.76. The molecule has 0 aliphatic carbocycles. The van der Waals surface area contributed by atoms with E-state index in [1.807, 2.05) is 27.7 Å². The summed E-state index contributed by atoms with van der Waals surface area (Å²) in [6.07, 6.45) is 1.27. The summed E-state index contributed by atoms with van der Waals surface area (Å²) in [5, 5.41) is 17.0. The minimum absolute atomic E-state index is 0.0294. The molecule has 5 nitrogen and oxygen atoms in total. The highest BCUT2D eigenvalue weighted by Crippen LogP contribution is 2.13. The third-order valence-electron chi connectivity index (χ3n) is 3.00. The van der Waals surface area contributed by atoms with Crippen LogP contribution >= 0.6 is 0 Å². The second-order valence-corrected chi connectivity index (χ2v) is 4.87.